The molecule has 0 aliphatic carbocycles. The Hall–Kier alpha value is -0.370. The summed E-state index contributed by atoms with van der Waals surface area (Å²) in [7, 11) is 0. The molecule has 0 aromatic heterocycles. The molecule has 1 atom stereocenters. The first-order chi connectivity index (χ1) is 5.99. The summed E-state index contributed by atoms with van der Waals surface area (Å²) in [5.41, 5.74) is -0.226. The minimum absolute atomic E-state index is 0.0416. The maximum atomic E-state index is 11.9. The summed E-state index contributed by atoms with van der Waals surface area (Å²) in [6, 6.07) is 0. The predicted octanol–water partition coefficient (Wildman–Crippen LogP) is 2.40. The quantitative estimate of drug-likeness (QED) is 0.691. The van der Waals surface area contributed by atoms with Crippen molar-refractivity contribution in [2.45, 2.75) is 47.0 Å². The van der Waals surface area contributed by atoms with Crippen LogP contribution in [0, 0.1) is 11.3 Å². The molecule has 0 radical (unpaired) electrons. The normalized spacial score (nSPS) is 14.2. The summed E-state index contributed by atoms with van der Waals surface area (Å²) in [5.74, 6) is 0.339. The van der Waals surface area contributed by atoms with E-state index in [0.29, 0.717) is 12.2 Å². The smallest absolute Gasteiger partial charge is 0.141 e. The topological polar surface area (TPSA) is 37.3 Å². The van der Waals surface area contributed by atoms with Crippen molar-refractivity contribution in [2.75, 3.05) is 6.61 Å². The Kier molecular flexibility index (Phi) is 5.23. The molecule has 0 bridgehead atoms. The van der Waals surface area contributed by atoms with Crippen LogP contribution in [0.4, 0.5) is 0 Å². The van der Waals surface area contributed by atoms with Crippen molar-refractivity contribution in [3.8, 4) is 0 Å². The van der Waals surface area contributed by atoms with Crippen molar-refractivity contribution in [3.05, 3.63) is 0 Å². The monoisotopic (exact) mass is 186 g/mol. The first kappa shape index (κ1) is 12.6. The third kappa shape index (κ3) is 3.47. The largest absolute Gasteiger partial charge is 0.396 e. The predicted molar refractivity (Wildman–Crippen MR) is 54.6 cm³/mol. The van der Waals surface area contributed by atoms with Crippen LogP contribution in [0.15, 0.2) is 0 Å². The Labute approximate surface area is 81.3 Å². The Balaban J connectivity index is 4.36. The number of Topliss-reactive ketones (excluding diaryl/α,β-unsaturated/α-hetero) is 1. The van der Waals surface area contributed by atoms with Crippen LogP contribution >= 0.6 is 0 Å². The summed E-state index contributed by atoms with van der Waals surface area (Å²) < 4.78 is 0. The van der Waals surface area contributed by atoms with Gasteiger partial charge in [-0.05, 0) is 19.3 Å². The fourth-order valence-corrected chi connectivity index (χ4v) is 1.40. The summed E-state index contributed by atoms with van der Waals surface area (Å²) in [4.78, 5) is 11.9. The first-order valence-electron chi connectivity index (χ1n) is 5.14. The third-order valence-electron chi connectivity index (χ3n) is 2.89. The maximum Gasteiger partial charge on any atom is 0.141 e. The summed E-state index contributed by atoms with van der Waals surface area (Å²) >= 11 is 0. The van der Waals surface area contributed by atoms with Crippen LogP contribution in [0.25, 0.3) is 0 Å². The lowest BCUT2D eigenvalue weighted by Gasteiger charge is -2.26. The number of hydrogen-bond acceptors (Lipinski definition) is 2. The van der Waals surface area contributed by atoms with E-state index in [2.05, 4.69) is 0 Å². The van der Waals surface area contributed by atoms with E-state index >= 15 is 0 Å². The first-order valence-corrected chi connectivity index (χ1v) is 5.14. The Morgan fingerprint density at radius 1 is 1.38 bits per heavy atom. The SMILES string of the molecule is CCC(CCO)C(=O)C(C)(C)CC. The highest BCUT2D eigenvalue weighted by Crippen LogP contribution is 2.27. The lowest BCUT2D eigenvalue weighted by molar-refractivity contribution is -0.132. The molecule has 0 aromatic carbocycles. The summed E-state index contributed by atoms with van der Waals surface area (Å²) in [5, 5.41) is 8.80. The molecule has 1 unspecified atom stereocenters. The highest BCUT2D eigenvalue weighted by atomic mass is 16.3. The van der Waals surface area contributed by atoms with Crippen LogP contribution in [0.1, 0.15) is 47.0 Å². The van der Waals surface area contributed by atoms with Gasteiger partial charge in [-0.2, -0.15) is 0 Å². The van der Waals surface area contributed by atoms with Gasteiger partial charge in [-0.15, -0.1) is 0 Å². The molecule has 13 heavy (non-hydrogen) atoms. The second-order valence-corrected chi connectivity index (χ2v) is 4.22. The number of carbonyl (C=O) groups is 1. The molecule has 0 saturated heterocycles. The molecule has 2 heteroatoms. The lowest BCUT2D eigenvalue weighted by atomic mass is 9.77. The van der Waals surface area contributed by atoms with Gasteiger partial charge in [0.2, 0.25) is 0 Å². The van der Waals surface area contributed by atoms with E-state index in [-0.39, 0.29) is 17.9 Å². The van der Waals surface area contributed by atoms with Gasteiger partial charge in [0.15, 0.2) is 0 Å². The number of aliphatic hydroxyl groups excluding tert-OH is 1. The standard InChI is InChI=1S/C11H22O2/c1-5-9(7-8-12)10(13)11(3,4)6-2/h9,12H,5-8H2,1-4H3. The van der Waals surface area contributed by atoms with Gasteiger partial charge in [-0.1, -0.05) is 27.7 Å². The molecular formula is C11H22O2. The molecule has 0 aliphatic heterocycles. The van der Waals surface area contributed by atoms with Crippen molar-refractivity contribution in [1.82, 2.24) is 0 Å². The zero-order valence-corrected chi connectivity index (χ0v) is 9.26. The zero-order chi connectivity index (χ0) is 10.5. The average Bonchev–Trinajstić information content (AvgIpc) is 2.13. The van der Waals surface area contributed by atoms with E-state index in [1.807, 2.05) is 27.7 Å². The van der Waals surface area contributed by atoms with Crippen LogP contribution in [0.3, 0.4) is 0 Å². The number of ketones is 1. The molecule has 0 aliphatic rings. The van der Waals surface area contributed by atoms with Crippen LogP contribution < -0.4 is 0 Å². The highest BCUT2D eigenvalue weighted by Gasteiger charge is 2.30. The second-order valence-electron chi connectivity index (χ2n) is 4.22. The molecule has 0 saturated carbocycles. The Morgan fingerprint density at radius 2 is 1.92 bits per heavy atom. The minimum atomic E-state index is -0.226. The van der Waals surface area contributed by atoms with Crippen molar-refractivity contribution in [1.29, 1.82) is 0 Å². The number of aliphatic hydroxyl groups is 1. The van der Waals surface area contributed by atoms with E-state index in [1.165, 1.54) is 0 Å². The average molecular weight is 186 g/mol. The van der Waals surface area contributed by atoms with Crippen LogP contribution in [-0.4, -0.2) is 17.5 Å². The maximum absolute atomic E-state index is 11.9. The van der Waals surface area contributed by atoms with Crippen molar-refractivity contribution >= 4 is 5.78 Å². The molecular weight excluding hydrogens is 164 g/mol. The van der Waals surface area contributed by atoms with Crippen LogP contribution in [0.2, 0.25) is 0 Å². The van der Waals surface area contributed by atoms with Gasteiger partial charge in [0.05, 0.1) is 0 Å². The summed E-state index contributed by atoms with van der Waals surface area (Å²) in [6.07, 6.45) is 2.31. The zero-order valence-electron chi connectivity index (χ0n) is 9.26. The molecule has 0 spiro atoms. The van der Waals surface area contributed by atoms with Crippen LogP contribution in [0.5, 0.6) is 0 Å². The fraction of sp³-hybridized carbons (Fsp3) is 0.909. The van der Waals surface area contributed by atoms with Gasteiger partial charge in [-0.3, -0.25) is 4.79 Å². The fourth-order valence-electron chi connectivity index (χ4n) is 1.40. The van der Waals surface area contributed by atoms with E-state index in [4.69, 9.17) is 5.11 Å². The number of rotatable bonds is 6. The van der Waals surface area contributed by atoms with Crippen LogP contribution in [-0.2, 0) is 4.79 Å². The Morgan fingerprint density at radius 3 is 2.23 bits per heavy atom. The van der Waals surface area contributed by atoms with E-state index in [1.54, 1.807) is 0 Å². The van der Waals surface area contributed by atoms with Crippen molar-refractivity contribution < 1.29 is 9.90 Å². The van der Waals surface area contributed by atoms with Gasteiger partial charge in [0.1, 0.15) is 5.78 Å². The lowest BCUT2D eigenvalue weighted by Crippen LogP contribution is -2.30. The number of carbonyl (C=O) groups excluding carboxylic acids is 1. The van der Waals surface area contributed by atoms with Gasteiger partial charge in [0, 0.05) is 17.9 Å². The van der Waals surface area contributed by atoms with Gasteiger partial charge >= 0.3 is 0 Å². The second kappa shape index (κ2) is 5.38. The third-order valence-corrected chi connectivity index (χ3v) is 2.89. The number of hydrogen-bond donors (Lipinski definition) is 1. The van der Waals surface area contributed by atoms with E-state index < -0.39 is 0 Å². The molecule has 0 fully saturated rings. The summed E-state index contributed by atoms with van der Waals surface area (Å²) in [6.45, 7) is 8.11. The highest BCUT2D eigenvalue weighted by molar-refractivity contribution is 5.86. The molecule has 1 N–H and O–H groups in total. The Bertz CT molecular complexity index is 161. The molecule has 0 rings (SSSR count). The molecule has 0 amide bonds. The van der Waals surface area contributed by atoms with Gasteiger partial charge < -0.3 is 5.11 Å². The molecule has 78 valence electrons. The molecule has 0 aromatic rings. The van der Waals surface area contributed by atoms with Gasteiger partial charge in [0.25, 0.3) is 0 Å². The molecule has 2 nitrogen and oxygen atoms in total. The van der Waals surface area contributed by atoms with Crippen molar-refractivity contribution in [2.24, 2.45) is 11.3 Å². The van der Waals surface area contributed by atoms with E-state index in [9.17, 15) is 4.79 Å². The van der Waals surface area contributed by atoms with E-state index in [0.717, 1.165) is 12.8 Å². The molecule has 0 heterocycles. The van der Waals surface area contributed by atoms with Crippen molar-refractivity contribution in [3.63, 3.8) is 0 Å². The minimum Gasteiger partial charge on any atom is -0.396 e. The van der Waals surface area contributed by atoms with Gasteiger partial charge in [-0.25, -0.2) is 0 Å².